The number of methoxy groups -OCH3 is 1. The Balaban J connectivity index is 1.30. The second-order valence-corrected chi connectivity index (χ2v) is 12.0. The average molecular weight is 597 g/mol. The van der Waals surface area contributed by atoms with Gasteiger partial charge in [-0.3, -0.25) is 19.5 Å². The molecule has 1 amide bonds. The van der Waals surface area contributed by atoms with Crippen molar-refractivity contribution in [1.29, 1.82) is 0 Å². The van der Waals surface area contributed by atoms with E-state index in [1.54, 1.807) is 18.2 Å². The number of phenolic OH excluding ortho intramolecular Hbond substituents is 1. The van der Waals surface area contributed by atoms with Gasteiger partial charge in [0.25, 0.3) is 5.91 Å². The summed E-state index contributed by atoms with van der Waals surface area (Å²) >= 11 is 0. The van der Waals surface area contributed by atoms with Gasteiger partial charge in [-0.1, -0.05) is 42.5 Å². The maximum atomic E-state index is 13.8. The van der Waals surface area contributed by atoms with Crippen molar-refractivity contribution in [2.24, 2.45) is 0 Å². The normalized spacial score (nSPS) is 20.7. The first-order valence-corrected chi connectivity index (χ1v) is 15.5. The van der Waals surface area contributed by atoms with Crippen LogP contribution in [-0.2, 0) is 11.3 Å². The van der Waals surface area contributed by atoms with Gasteiger partial charge in [0.05, 0.1) is 18.7 Å². The monoisotopic (exact) mass is 596 g/mol. The highest BCUT2D eigenvalue weighted by Gasteiger charge is 2.35. The zero-order valence-electron chi connectivity index (χ0n) is 26.1. The van der Waals surface area contributed by atoms with Crippen LogP contribution in [0.25, 0.3) is 0 Å². The lowest BCUT2D eigenvalue weighted by Crippen LogP contribution is -2.57. The van der Waals surface area contributed by atoms with Gasteiger partial charge in [0.1, 0.15) is 5.75 Å². The number of nitrogens with zero attached hydrogens (tertiary/aromatic N) is 4. The lowest BCUT2D eigenvalue weighted by atomic mass is 9.92. The van der Waals surface area contributed by atoms with Crippen molar-refractivity contribution in [2.45, 2.75) is 38.5 Å². The number of ether oxygens (including phenoxy) is 1. The number of esters is 1. The molecule has 2 heterocycles. The van der Waals surface area contributed by atoms with E-state index < -0.39 is 0 Å². The molecule has 5 rings (SSSR count). The summed E-state index contributed by atoms with van der Waals surface area (Å²) < 4.78 is 4.79. The Morgan fingerprint density at radius 2 is 1.59 bits per heavy atom. The maximum absolute atomic E-state index is 13.8. The molecule has 0 radical (unpaired) electrons. The van der Waals surface area contributed by atoms with Crippen LogP contribution in [0, 0.1) is 0 Å². The Morgan fingerprint density at radius 3 is 2.25 bits per heavy atom. The van der Waals surface area contributed by atoms with Crippen LogP contribution in [0.15, 0.2) is 85.5 Å². The summed E-state index contributed by atoms with van der Waals surface area (Å²) in [5.41, 5.74) is 4.41. The fourth-order valence-corrected chi connectivity index (χ4v) is 6.53. The van der Waals surface area contributed by atoms with E-state index >= 15 is 0 Å². The van der Waals surface area contributed by atoms with Crippen molar-refractivity contribution >= 4 is 11.9 Å². The van der Waals surface area contributed by atoms with Gasteiger partial charge in [-0.2, -0.15) is 0 Å². The summed E-state index contributed by atoms with van der Waals surface area (Å²) in [6.07, 6.45) is 1.96. The fourth-order valence-electron chi connectivity index (χ4n) is 6.53. The number of carbonyl (C=O) groups is 2. The second-order valence-electron chi connectivity index (χ2n) is 12.0. The lowest BCUT2D eigenvalue weighted by molar-refractivity contribution is 0.0306. The quantitative estimate of drug-likeness (QED) is 0.281. The van der Waals surface area contributed by atoms with Crippen molar-refractivity contribution in [3.8, 4) is 5.75 Å². The Bertz CT molecular complexity index is 1450. The summed E-state index contributed by atoms with van der Waals surface area (Å²) in [4.78, 5) is 34.7. The molecule has 0 aliphatic carbocycles. The van der Waals surface area contributed by atoms with Gasteiger partial charge < -0.3 is 14.7 Å². The van der Waals surface area contributed by atoms with Gasteiger partial charge in [0.15, 0.2) is 0 Å². The summed E-state index contributed by atoms with van der Waals surface area (Å²) in [6.45, 7) is 14.7. The molecule has 2 aliphatic rings. The molecule has 3 aromatic carbocycles. The standard InChI is InChI=1S/C36H44N4O4/c1-5-16-39-23-27(3)40(24-26(39)2)34(31-9-7-11-33(41)22-31)30-8-6-10-32(21-30)35(42)38-19-17-37(18-20-38)25-28-12-14-29(15-13-28)36(43)44-4/h5-15,21-22,26-27,34,41H,1,16-20,23-25H2,2-4H3/t26-,27+,34?/m1/s1. The predicted molar refractivity (Wildman–Crippen MR) is 173 cm³/mol. The predicted octanol–water partition coefficient (Wildman–Crippen LogP) is 4.81. The molecule has 8 heteroatoms. The number of hydrogen-bond acceptors (Lipinski definition) is 7. The highest BCUT2D eigenvalue weighted by atomic mass is 16.5. The fraction of sp³-hybridized carbons (Fsp3) is 0.389. The van der Waals surface area contributed by atoms with E-state index in [-0.39, 0.29) is 29.7 Å². The highest BCUT2D eigenvalue weighted by molar-refractivity contribution is 5.94. The second kappa shape index (κ2) is 14.2. The lowest BCUT2D eigenvalue weighted by Gasteiger charge is -2.47. The van der Waals surface area contributed by atoms with Crippen LogP contribution >= 0.6 is 0 Å². The molecular formula is C36H44N4O4. The Kier molecular flexibility index (Phi) is 10.1. The van der Waals surface area contributed by atoms with Gasteiger partial charge in [0, 0.05) is 70.0 Å². The molecule has 2 saturated heterocycles. The number of hydrogen-bond donors (Lipinski definition) is 1. The Hall–Kier alpha value is -3.98. The number of aromatic hydroxyl groups is 1. The minimum Gasteiger partial charge on any atom is -0.508 e. The van der Waals surface area contributed by atoms with E-state index in [9.17, 15) is 14.7 Å². The molecule has 3 aromatic rings. The molecule has 0 bridgehead atoms. The van der Waals surface area contributed by atoms with E-state index in [0.717, 1.165) is 56.0 Å². The first kappa shape index (κ1) is 31.4. The zero-order valence-corrected chi connectivity index (χ0v) is 26.1. The smallest absolute Gasteiger partial charge is 0.337 e. The average Bonchev–Trinajstić information content (AvgIpc) is 3.04. The number of phenols is 1. The summed E-state index contributed by atoms with van der Waals surface area (Å²) in [5, 5.41) is 10.4. The Labute approximate surface area is 261 Å². The van der Waals surface area contributed by atoms with Gasteiger partial charge in [-0.15, -0.1) is 6.58 Å². The number of carbonyl (C=O) groups excluding carboxylic acids is 2. The van der Waals surface area contributed by atoms with Crippen LogP contribution in [-0.4, -0.2) is 102 Å². The summed E-state index contributed by atoms with van der Waals surface area (Å²) in [7, 11) is 1.38. The maximum Gasteiger partial charge on any atom is 0.337 e. The van der Waals surface area contributed by atoms with E-state index in [1.165, 1.54) is 7.11 Å². The number of amides is 1. The van der Waals surface area contributed by atoms with Gasteiger partial charge in [-0.05, 0) is 66.9 Å². The minimum absolute atomic E-state index is 0.0424. The largest absolute Gasteiger partial charge is 0.508 e. The molecule has 1 unspecified atom stereocenters. The summed E-state index contributed by atoms with van der Waals surface area (Å²) in [6, 6.07) is 23.5. The highest BCUT2D eigenvalue weighted by Crippen LogP contribution is 2.35. The van der Waals surface area contributed by atoms with Gasteiger partial charge >= 0.3 is 5.97 Å². The van der Waals surface area contributed by atoms with Crippen molar-refractivity contribution in [3.05, 3.63) is 113 Å². The topological polar surface area (TPSA) is 76.6 Å². The van der Waals surface area contributed by atoms with Crippen LogP contribution in [0.2, 0.25) is 0 Å². The third-order valence-electron chi connectivity index (χ3n) is 8.93. The van der Waals surface area contributed by atoms with E-state index in [0.29, 0.717) is 30.3 Å². The van der Waals surface area contributed by atoms with Crippen LogP contribution in [0.3, 0.4) is 0 Å². The van der Waals surface area contributed by atoms with E-state index in [1.807, 2.05) is 53.4 Å². The van der Waals surface area contributed by atoms with E-state index in [2.05, 4.69) is 47.3 Å². The Morgan fingerprint density at radius 1 is 0.909 bits per heavy atom. The van der Waals surface area contributed by atoms with Crippen LogP contribution in [0.5, 0.6) is 5.75 Å². The number of benzene rings is 3. The number of rotatable bonds is 9. The zero-order chi connectivity index (χ0) is 31.2. The minimum atomic E-state index is -0.337. The molecule has 2 aliphatic heterocycles. The molecule has 8 nitrogen and oxygen atoms in total. The molecule has 44 heavy (non-hydrogen) atoms. The van der Waals surface area contributed by atoms with E-state index in [4.69, 9.17) is 4.74 Å². The molecule has 232 valence electrons. The third-order valence-corrected chi connectivity index (χ3v) is 8.93. The molecular weight excluding hydrogens is 552 g/mol. The molecule has 1 N–H and O–H groups in total. The van der Waals surface area contributed by atoms with Crippen molar-refractivity contribution in [2.75, 3.05) is 52.9 Å². The van der Waals surface area contributed by atoms with Crippen molar-refractivity contribution in [1.82, 2.24) is 19.6 Å². The number of piperazine rings is 2. The van der Waals surface area contributed by atoms with Crippen LogP contribution in [0.4, 0.5) is 0 Å². The molecule has 2 fully saturated rings. The van der Waals surface area contributed by atoms with Crippen LogP contribution in [0.1, 0.15) is 57.3 Å². The third kappa shape index (κ3) is 7.21. The first-order chi connectivity index (χ1) is 21.3. The SMILES string of the molecule is C=CCN1C[C@H](C)N(C(c2cccc(O)c2)c2cccc(C(=O)N3CCN(Cc4ccc(C(=O)OC)cc4)CC3)c2)C[C@H]1C. The summed E-state index contributed by atoms with van der Waals surface area (Å²) in [5.74, 6) is -0.0556. The molecule has 0 spiro atoms. The van der Waals surface area contributed by atoms with Crippen molar-refractivity contribution in [3.63, 3.8) is 0 Å². The van der Waals surface area contributed by atoms with Gasteiger partial charge in [-0.25, -0.2) is 4.79 Å². The molecule has 0 saturated carbocycles. The van der Waals surface area contributed by atoms with Gasteiger partial charge in [0.2, 0.25) is 0 Å². The van der Waals surface area contributed by atoms with Crippen LogP contribution < -0.4 is 0 Å². The van der Waals surface area contributed by atoms with Crippen molar-refractivity contribution < 1.29 is 19.4 Å². The first-order valence-electron chi connectivity index (χ1n) is 15.5. The molecule has 3 atom stereocenters. The molecule has 0 aromatic heterocycles.